The minimum absolute atomic E-state index is 0.0706. The van der Waals surface area contributed by atoms with Crippen molar-refractivity contribution in [2.45, 2.75) is 25.4 Å². The van der Waals surface area contributed by atoms with Crippen molar-refractivity contribution in [3.63, 3.8) is 0 Å². The second-order valence-electron chi connectivity index (χ2n) is 6.20. The smallest absolute Gasteiger partial charge is 0.313 e. The van der Waals surface area contributed by atoms with Crippen LogP contribution >= 0.6 is 0 Å². The molecule has 0 N–H and O–H groups in total. The highest BCUT2D eigenvalue weighted by molar-refractivity contribution is 6.34. The summed E-state index contributed by atoms with van der Waals surface area (Å²) in [5, 5.41) is 10.2. The zero-order chi connectivity index (χ0) is 17.4. The van der Waals surface area contributed by atoms with E-state index in [-0.39, 0.29) is 37.1 Å². The molecule has 3 rings (SSSR count). The zero-order valence-corrected chi connectivity index (χ0v) is 12.6. The second kappa shape index (κ2) is 6.21. The molecule has 2 saturated carbocycles. The van der Waals surface area contributed by atoms with Gasteiger partial charge in [-0.25, -0.2) is 0 Å². The summed E-state index contributed by atoms with van der Waals surface area (Å²) in [6, 6.07) is 0. The van der Waals surface area contributed by atoms with Gasteiger partial charge in [-0.05, 0) is 18.8 Å². The van der Waals surface area contributed by atoms with Gasteiger partial charge in [-0.3, -0.25) is 19.2 Å². The van der Waals surface area contributed by atoms with Crippen LogP contribution in [-0.4, -0.2) is 49.0 Å². The Bertz CT molecular complexity index is 608. The summed E-state index contributed by atoms with van der Waals surface area (Å²) >= 11 is 0. The van der Waals surface area contributed by atoms with Gasteiger partial charge in [0.2, 0.25) is 0 Å². The second-order valence-corrected chi connectivity index (χ2v) is 6.20. The number of hydrogen-bond donors (Lipinski definition) is 0. The van der Waals surface area contributed by atoms with Crippen LogP contribution in [0.5, 0.6) is 0 Å². The highest BCUT2D eigenvalue weighted by Crippen LogP contribution is 2.57. The highest BCUT2D eigenvalue weighted by atomic mass is 16.6. The van der Waals surface area contributed by atoms with Crippen molar-refractivity contribution in [1.29, 1.82) is 0 Å². The molecule has 5 atom stereocenters. The van der Waals surface area contributed by atoms with E-state index >= 15 is 0 Å². The van der Waals surface area contributed by atoms with Gasteiger partial charge in [0.05, 0.1) is 11.8 Å². The van der Waals surface area contributed by atoms with Crippen LogP contribution < -0.4 is 5.11 Å². The van der Waals surface area contributed by atoms with E-state index in [2.05, 4.69) is 4.74 Å². The molecule has 0 spiro atoms. The molecule has 24 heavy (non-hydrogen) atoms. The molecular weight excluding hydrogens is 324 g/mol. The quantitative estimate of drug-likeness (QED) is 0.169. The lowest BCUT2D eigenvalue weighted by atomic mass is 9.80. The van der Waals surface area contributed by atoms with E-state index < -0.39 is 41.9 Å². The number of hydrogen-bond acceptors (Lipinski definition) is 9. The predicted octanol–water partition coefficient (Wildman–Crippen LogP) is -2.02. The van der Waals surface area contributed by atoms with Gasteiger partial charge in [0, 0.05) is 5.92 Å². The summed E-state index contributed by atoms with van der Waals surface area (Å²) in [6.07, 6.45) is 0.449. The fourth-order valence-corrected chi connectivity index (χ4v) is 3.97. The molecule has 130 valence electrons. The maximum Gasteiger partial charge on any atom is 0.313 e. The Kier molecular flexibility index (Phi) is 4.25. The van der Waals surface area contributed by atoms with E-state index in [0.29, 0.717) is 6.42 Å². The number of carboxylic acid groups (broad SMARTS) is 1. The topological polar surface area (TPSA) is 136 Å². The number of carbonyl (C=O) groups is 5. The van der Waals surface area contributed by atoms with Crippen LogP contribution in [0.2, 0.25) is 0 Å². The van der Waals surface area contributed by atoms with Crippen LogP contribution in [0.25, 0.3) is 0 Å². The number of aliphatic carboxylic acids is 1. The normalized spacial score (nSPS) is 32.3. The first-order valence-electron chi connectivity index (χ1n) is 7.65. The Morgan fingerprint density at radius 2 is 1.83 bits per heavy atom. The molecular formula is C15H15O9-. The summed E-state index contributed by atoms with van der Waals surface area (Å²) < 4.78 is 14.9. The molecule has 3 fully saturated rings. The summed E-state index contributed by atoms with van der Waals surface area (Å²) in [6.45, 7) is -0.535. The van der Waals surface area contributed by atoms with Crippen LogP contribution in [0.3, 0.4) is 0 Å². The maximum atomic E-state index is 12.2. The average Bonchev–Trinajstić information content (AvgIpc) is 3.12. The van der Waals surface area contributed by atoms with Gasteiger partial charge in [0.15, 0.2) is 5.78 Å². The minimum Gasteiger partial charge on any atom is -0.542 e. The molecule has 2 aliphatic carbocycles. The number of carboxylic acids is 1. The predicted molar refractivity (Wildman–Crippen MR) is 69.6 cm³/mol. The van der Waals surface area contributed by atoms with Crippen LogP contribution in [0.1, 0.15) is 19.3 Å². The molecule has 1 aliphatic heterocycles. The monoisotopic (exact) mass is 339 g/mol. The fourth-order valence-electron chi connectivity index (χ4n) is 3.97. The first-order chi connectivity index (χ1) is 11.4. The van der Waals surface area contributed by atoms with E-state index in [1.54, 1.807) is 0 Å². The first-order valence-corrected chi connectivity index (χ1v) is 7.65. The Balaban J connectivity index is 1.41. The van der Waals surface area contributed by atoms with E-state index in [4.69, 9.17) is 9.47 Å². The van der Waals surface area contributed by atoms with Gasteiger partial charge in [-0.1, -0.05) is 0 Å². The lowest BCUT2D eigenvalue weighted by Crippen LogP contribution is -2.34. The van der Waals surface area contributed by atoms with Crippen LogP contribution in [0, 0.1) is 23.7 Å². The third kappa shape index (κ3) is 2.85. The maximum absolute atomic E-state index is 12.2. The molecule has 1 heterocycles. The van der Waals surface area contributed by atoms with Gasteiger partial charge >= 0.3 is 17.9 Å². The first kappa shape index (κ1) is 16.4. The molecule has 1 saturated heterocycles. The molecule has 5 unspecified atom stereocenters. The fraction of sp³-hybridized carbons (Fsp3) is 0.667. The summed E-state index contributed by atoms with van der Waals surface area (Å²) in [4.78, 5) is 56.1. The van der Waals surface area contributed by atoms with Crippen molar-refractivity contribution >= 4 is 29.7 Å². The van der Waals surface area contributed by atoms with Crippen LogP contribution in [0.15, 0.2) is 0 Å². The number of ketones is 1. The van der Waals surface area contributed by atoms with Crippen molar-refractivity contribution < 1.29 is 43.3 Å². The molecule has 0 radical (unpaired) electrons. The van der Waals surface area contributed by atoms with E-state index in [1.807, 2.05) is 0 Å². The minimum atomic E-state index is -1.96. The van der Waals surface area contributed by atoms with Gasteiger partial charge < -0.3 is 24.1 Å². The van der Waals surface area contributed by atoms with Crippen molar-refractivity contribution in [1.82, 2.24) is 0 Å². The number of esters is 3. The van der Waals surface area contributed by atoms with Gasteiger partial charge in [0.1, 0.15) is 31.7 Å². The lowest BCUT2D eigenvalue weighted by Gasteiger charge is -2.22. The highest BCUT2D eigenvalue weighted by Gasteiger charge is 2.64. The third-order valence-electron chi connectivity index (χ3n) is 4.88. The number of rotatable bonds is 7. The number of ether oxygens (including phenoxy) is 3. The summed E-state index contributed by atoms with van der Waals surface area (Å²) in [7, 11) is 0. The Labute approximate surface area is 136 Å². The van der Waals surface area contributed by atoms with Crippen molar-refractivity contribution in [2.24, 2.45) is 23.7 Å². The molecule has 3 aliphatic rings. The molecule has 0 aromatic heterocycles. The van der Waals surface area contributed by atoms with Crippen LogP contribution in [0.4, 0.5) is 0 Å². The Hall–Kier alpha value is -2.45. The number of carbonyl (C=O) groups excluding carboxylic acids is 5. The standard InChI is InChI=1S/C15H16O9/c16-8(13(18)19)5-10(17)22-1-2-23-14(20)11-6-3-7-9(4-6)24-15(21)12(7)11/h6-7,9,11-12H,1-5H2,(H,18,19)/p-1. The van der Waals surface area contributed by atoms with Gasteiger partial charge in [-0.2, -0.15) is 0 Å². The molecule has 0 aromatic rings. The Morgan fingerprint density at radius 3 is 2.54 bits per heavy atom. The van der Waals surface area contributed by atoms with E-state index in [1.165, 1.54) is 0 Å². The molecule has 2 bridgehead atoms. The SMILES string of the molecule is O=C(CC(=O)C(=O)[O-])OCCOC(=O)C1C2CC3OC(=O)C1C3C2. The van der Waals surface area contributed by atoms with Crippen molar-refractivity contribution in [3.8, 4) is 0 Å². The van der Waals surface area contributed by atoms with Gasteiger partial charge in [-0.15, -0.1) is 0 Å². The van der Waals surface area contributed by atoms with Crippen molar-refractivity contribution in [2.75, 3.05) is 13.2 Å². The lowest BCUT2D eigenvalue weighted by molar-refractivity contribution is -0.300. The average molecular weight is 339 g/mol. The zero-order valence-electron chi connectivity index (χ0n) is 12.6. The molecule has 9 nitrogen and oxygen atoms in total. The van der Waals surface area contributed by atoms with Gasteiger partial charge in [0.25, 0.3) is 0 Å². The third-order valence-corrected chi connectivity index (χ3v) is 4.88. The Morgan fingerprint density at radius 1 is 1.12 bits per heavy atom. The summed E-state index contributed by atoms with van der Waals surface area (Å²) in [5.41, 5.74) is 0. The number of Topliss-reactive ketones (excluding diaryl/α,β-unsaturated/α-hetero) is 1. The summed E-state index contributed by atoms with van der Waals surface area (Å²) in [5.74, 6) is -6.04. The van der Waals surface area contributed by atoms with E-state index in [9.17, 15) is 29.1 Å². The molecule has 0 amide bonds. The largest absolute Gasteiger partial charge is 0.542 e. The number of fused-ring (bicyclic) bond motifs is 1. The molecule has 9 heteroatoms. The van der Waals surface area contributed by atoms with Crippen LogP contribution in [-0.2, 0) is 38.2 Å². The van der Waals surface area contributed by atoms with Crippen molar-refractivity contribution in [3.05, 3.63) is 0 Å². The molecule has 0 aromatic carbocycles. The van der Waals surface area contributed by atoms with E-state index in [0.717, 1.165) is 6.42 Å².